The van der Waals surface area contributed by atoms with Crippen LogP contribution in [0.15, 0.2) is 41.3 Å². The topological polar surface area (TPSA) is 58.2 Å². The monoisotopic (exact) mass is 352 g/mol. The molecule has 1 aliphatic rings. The minimum atomic E-state index is -3.48. The van der Waals surface area contributed by atoms with Gasteiger partial charge in [0.05, 0.1) is 4.90 Å². The second kappa shape index (κ2) is 7.01. The summed E-state index contributed by atoms with van der Waals surface area (Å²) in [6, 6.07) is 11.3. The van der Waals surface area contributed by atoms with Crippen LogP contribution in [0.2, 0.25) is 0 Å². The Kier molecular flexibility index (Phi) is 5.47. The van der Waals surface area contributed by atoms with Gasteiger partial charge in [-0.15, -0.1) is 12.4 Å². The Morgan fingerprint density at radius 3 is 2.48 bits per heavy atom. The fourth-order valence-electron chi connectivity index (χ4n) is 2.60. The third-order valence-electron chi connectivity index (χ3n) is 4.16. The van der Waals surface area contributed by atoms with Gasteiger partial charge in [0, 0.05) is 19.6 Å². The lowest BCUT2D eigenvalue weighted by Crippen LogP contribution is -2.23. The molecular weight excluding hydrogens is 332 g/mol. The van der Waals surface area contributed by atoms with Gasteiger partial charge < -0.3 is 5.32 Å². The van der Waals surface area contributed by atoms with Crippen molar-refractivity contribution in [1.82, 2.24) is 10.0 Å². The first-order chi connectivity index (χ1) is 10.5. The Labute approximate surface area is 143 Å². The van der Waals surface area contributed by atoms with Gasteiger partial charge in [-0.2, -0.15) is 0 Å². The van der Waals surface area contributed by atoms with E-state index in [1.54, 1.807) is 12.1 Å². The molecular formula is C17H21ClN2O2S. The molecule has 0 radical (unpaired) electrons. The zero-order chi connectivity index (χ0) is 15.7. The lowest BCUT2D eigenvalue weighted by atomic mass is 10.1. The van der Waals surface area contributed by atoms with Crippen molar-refractivity contribution >= 4 is 22.4 Å². The van der Waals surface area contributed by atoms with E-state index in [0.29, 0.717) is 11.4 Å². The van der Waals surface area contributed by atoms with Crippen molar-refractivity contribution in [2.24, 2.45) is 0 Å². The highest BCUT2D eigenvalue weighted by Gasteiger charge is 2.15. The van der Waals surface area contributed by atoms with Crippen LogP contribution in [0.25, 0.3) is 0 Å². The lowest BCUT2D eigenvalue weighted by Gasteiger charge is -2.09. The third-order valence-corrected chi connectivity index (χ3v) is 5.56. The van der Waals surface area contributed by atoms with E-state index in [0.717, 1.165) is 29.8 Å². The molecule has 1 heterocycles. The summed E-state index contributed by atoms with van der Waals surface area (Å²) in [5.74, 6) is 0. The van der Waals surface area contributed by atoms with Crippen LogP contribution < -0.4 is 10.0 Å². The average Bonchev–Trinajstić information content (AvgIpc) is 2.95. The molecule has 0 saturated carbocycles. The zero-order valence-corrected chi connectivity index (χ0v) is 14.9. The summed E-state index contributed by atoms with van der Waals surface area (Å²) in [7, 11) is -3.48. The molecule has 2 aromatic rings. The van der Waals surface area contributed by atoms with Gasteiger partial charge in [-0.05, 0) is 53.8 Å². The van der Waals surface area contributed by atoms with Gasteiger partial charge >= 0.3 is 0 Å². The van der Waals surface area contributed by atoms with E-state index >= 15 is 0 Å². The molecule has 0 bridgehead atoms. The fourth-order valence-corrected chi connectivity index (χ4v) is 3.70. The van der Waals surface area contributed by atoms with Crippen molar-refractivity contribution < 1.29 is 8.42 Å². The first kappa shape index (κ1) is 17.9. The summed E-state index contributed by atoms with van der Waals surface area (Å²) in [5.41, 5.74) is 5.59. The molecule has 0 unspecified atom stereocenters. The average molecular weight is 353 g/mol. The van der Waals surface area contributed by atoms with E-state index in [4.69, 9.17) is 0 Å². The number of fused-ring (bicyclic) bond motifs is 1. The van der Waals surface area contributed by atoms with Crippen LogP contribution in [0.1, 0.15) is 27.8 Å². The third kappa shape index (κ3) is 3.93. The number of benzene rings is 2. The van der Waals surface area contributed by atoms with E-state index in [-0.39, 0.29) is 12.4 Å². The highest BCUT2D eigenvalue weighted by Crippen LogP contribution is 2.18. The van der Waals surface area contributed by atoms with E-state index in [9.17, 15) is 8.42 Å². The van der Waals surface area contributed by atoms with Crippen molar-refractivity contribution in [3.8, 4) is 0 Å². The first-order valence-electron chi connectivity index (χ1n) is 7.34. The minimum absolute atomic E-state index is 0. The molecule has 2 N–H and O–H groups in total. The fraction of sp³-hybridized carbons (Fsp3) is 0.294. The van der Waals surface area contributed by atoms with Crippen LogP contribution in [-0.2, 0) is 29.7 Å². The number of sulfonamides is 1. The summed E-state index contributed by atoms with van der Waals surface area (Å²) < 4.78 is 27.4. The molecule has 0 aromatic heterocycles. The number of nitrogens with one attached hydrogen (secondary N) is 2. The molecule has 2 aromatic carbocycles. The highest BCUT2D eigenvalue weighted by atomic mass is 35.5. The van der Waals surface area contributed by atoms with Gasteiger partial charge in [-0.3, -0.25) is 0 Å². The van der Waals surface area contributed by atoms with Gasteiger partial charge in [-0.1, -0.05) is 24.3 Å². The minimum Gasteiger partial charge on any atom is -0.309 e. The maximum atomic E-state index is 12.4. The van der Waals surface area contributed by atoms with E-state index in [2.05, 4.69) is 22.2 Å². The number of hydrogen-bond acceptors (Lipinski definition) is 3. The smallest absolute Gasteiger partial charge is 0.240 e. The van der Waals surface area contributed by atoms with Crippen LogP contribution in [0, 0.1) is 13.8 Å². The standard InChI is InChI=1S/C17H20N2O2S.ClH/c1-12-3-6-17(7-13(12)2)22(20,21)19-9-14-4-5-15-10-18-11-16(15)8-14;/h3-8,18-19H,9-11H2,1-2H3;1H. The molecule has 6 heteroatoms. The molecule has 0 amide bonds. The Morgan fingerprint density at radius 2 is 1.74 bits per heavy atom. The highest BCUT2D eigenvalue weighted by molar-refractivity contribution is 7.89. The molecule has 4 nitrogen and oxygen atoms in total. The van der Waals surface area contributed by atoms with Crippen molar-refractivity contribution in [2.75, 3.05) is 0 Å². The summed E-state index contributed by atoms with van der Waals surface area (Å²) >= 11 is 0. The summed E-state index contributed by atoms with van der Waals surface area (Å²) in [4.78, 5) is 0.318. The summed E-state index contributed by atoms with van der Waals surface area (Å²) in [6.45, 7) is 5.94. The molecule has 0 atom stereocenters. The Hall–Kier alpha value is -1.40. The Morgan fingerprint density at radius 1 is 1.00 bits per heavy atom. The Bertz CT molecular complexity index is 819. The SMILES string of the molecule is Cc1ccc(S(=O)(=O)NCc2ccc3c(c2)CNC3)cc1C.Cl. The van der Waals surface area contributed by atoms with Gasteiger partial charge in [0.2, 0.25) is 10.0 Å². The molecule has 124 valence electrons. The second-order valence-corrected chi connectivity index (χ2v) is 7.54. The predicted molar refractivity (Wildman–Crippen MR) is 94.2 cm³/mol. The van der Waals surface area contributed by atoms with E-state index in [1.807, 2.05) is 26.0 Å². The van der Waals surface area contributed by atoms with Gasteiger partial charge in [0.25, 0.3) is 0 Å². The number of halogens is 1. The van der Waals surface area contributed by atoms with Crippen molar-refractivity contribution in [3.63, 3.8) is 0 Å². The number of aryl methyl sites for hydroxylation is 2. The van der Waals surface area contributed by atoms with Crippen LogP contribution in [-0.4, -0.2) is 8.42 Å². The molecule has 1 aliphatic heterocycles. The van der Waals surface area contributed by atoms with Crippen molar-refractivity contribution in [2.45, 2.75) is 38.4 Å². The zero-order valence-electron chi connectivity index (χ0n) is 13.2. The molecule has 23 heavy (non-hydrogen) atoms. The lowest BCUT2D eigenvalue weighted by molar-refractivity contribution is 0.581. The van der Waals surface area contributed by atoms with Crippen LogP contribution >= 0.6 is 12.4 Å². The summed E-state index contributed by atoms with van der Waals surface area (Å²) in [6.07, 6.45) is 0. The number of hydrogen-bond donors (Lipinski definition) is 2. The maximum Gasteiger partial charge on any atom is 0.240 e. The van der Waals surface area contributed by atoms with Gasteiger partial charge in [0.15, 0.2) is 0 Å². The molecule has 3 rings (SSSR count). The van der Waals surface area contributed by atoms with Crippen LogP contribution in [0.5, 0.6) is 0 Å². The molecule has 0 aliphatic carbocycles. The molecule has 0 saturated heterocycles. The van der Waals surface area contributed by atoms with Gasteiger partial charge in [0.1, 0.15) is 0 Å². The van der Waals surface area contributed by atoms with Crippen LogP contribution in [0.3, 0.4) is 0 Å². The van der Waals surface area contributed by atoms with Gasteiger partial charge in [-0.25, -0.2) is 13.1 Å². The van der Waals surface area contributed by atoms with Crippen molar-refractivity contribution in [3.05, 3.63) is 64.2 Å². The quantitative estimate of drug-likeness (QED) is 0.889. The number of rotatable bonds is 4. The predicted octanol–water partition coefficient (Wildman–Crippen LogP) is 2.81. The second-order valence-electron chi connectivity index (χ2n) is 5.78. The van der Waals surface area contributed by atoms with E-state index < -0.39 is 10.0 Å². The normalized spacial score (nSPS) is 13.5. The van der Waals surface area contributed by atoms with Crippen LogP contribution in [0.4, 0.5) is 0 Å². The first-order valence-corrected chi connectivity index (χ1v) is 8.82. The molecule has 0 fully saturated rings. The Balaban J connectivity index is 0.00000192. The summed E-state index contributed by atoms with van der Waals surface area (Å²) in [5, 5.41) is 3.29. The van der Waals surface area contributed by atoms with E-state index in [1.165, 1.54) is 11.1 Å². The molecule has 0 spiro atoms. The largest absolute Gasteiger partial charge is 0.309 e. The van der Waals surface area contributed by atoms with Crippen molar-refractivity contribution in [1.29, 1.82) is 0 Å². The maximum absolute atomic E-state index is 12.4.